The van der Waals surface area contributed by atoms with Crippen molar-refractivity contribution in [3.63, 3.8) is 0 Å². The number of azo groups is 1. The monoisotopic (exact) mass is 404 g/mol. The molecule has 152 valence electrons. The molecule has 0 bridgehead atoms. The van der Waals surface area contributed by atoms with Crippen LogP contribution in [-0.4, -0.2) is 34.6 Å². The van der Waals surface area contributed by atoms with Crippen LogP contribution in [0.3, 0.4) is 0 Å². The van der Waals surface area contributed by atoms with E-state index >= 15 is 0 Å². The number of nitrogens with one attached hydrogen (secondary N) is 1. The first kappa shape index (κ1) is 20.6. The molecule has 0 aliphatic rings. The van der Waals surface area contributed by atoms with Crippen molar-refractivity contribution in [3.05, 3.63) is 54.1 Å². The number of aromatic hydroxyl groups is 1. The third kappa shape index (κ3) is 4.64. The highest BCUT2D eigenvalue weighted by Gasteiger charge is 2.16. The van der Waals surface area contributed by atoms with Crippen molar-refractivity contribution in [3.8, 4) is 24.0 Å². The maximum Gasteiger partial charge on any atom is 0.283 e. The van der Waals surface area contributed by atoms with E-state index in [0.717, 1.165) is 5.56 Å². The van der Waals surface area contributed by atoms with Crippen molar-refractivity contribution >= 4 is 28.4 Å². The van der Waals surface area contributed by atoms with Crippen LogP contribution in [0.2, 0.25) is 0 Å². The Morgan fingerprint density at radius 2 is 1.93 bits per heavy atom. The molecule has 30 heavy (non-hydrogen) atoms. The Kier molecular flexibility index (Phi) is 6.45. The van der Waals surface area contributed by atoms with Gasteiger partial charge < -0.3 is 15.2 Å². The summed E-state index contributed by atoms with van der Waals surface area (Å²) in [6.45, 7) is 1.44. The molecule has 3 aromatic rings. The molecule has 0 saturated heterocycles. The van der Waals surface area contributed by atoms with Gasteiger partial charge in [0.15, 0.2) is 12.3 Å². The second-order valence-corrected chi connectivity index (χ2v) is 6.40. The van der Waals surface area contributed by atoms with Crippen molar-refractivity contribution in [1.82, 2.24) is 9.88 Å². The number of nitrogens with zero attached hydrogens (tertiary/aromatic N) is 3. The Balaban J connectivity index is 1.60. The minimum absolute atomic E-state index is 0.142. The predicted octanol–water partition coefficient (Wildman–Crippen LogP) is 3.09. The summed E-state index contributed by atoms with van der Waals surface area (Å²) in [5, 5.41) is 20.9. The van der Waals surface area contributed by atoms with E-state index < -0.39 is 11.8 Å². The fraction of sp³-hybridized carbons (Fsp3) is 0.182. The van der Waals surface area contributed by atoms with Gasteiger partial charge in [-0.05, 0) is 24.6 Å². The molecule has 2 N–H and O–H groups in total. The summed E-state index contributed by atoms with van der Waals surface area (Å²) in [6.07, 6.45) is 5.35. The van der Waals surface area contributed by atoms with Gasteiger partial charge in [0, 0.05) is 5.39 Å². The molecule has 3 rings (SSSR count). The Morgan fingerprint density at radius 1 is 1.20 bits per heavy atom. The Bertz CT molecular complexity index is 1160. The van der Waals surface area contributed by atoms with E-state index in [-0.39, 0.29) is 31.3 Å². The maximum absolute atomic E-state index is 12.0. The highest BCUT2D eigenvalue weighted by molar-refractivity contribution is 5.95. The van der Waals surface area contributed by atoms with Gasteiger partial charge in [0.05, 0.1) is 12.1 Å². The molecule has 0 saturated carbocycles. The fourth-order valence-electron chi connectivity index (χ4n) is 2.85. The molecule has 0 unspecified atom stereocenters. The minimum atomic E-state index is -0.674. The van der Waals surface area contributed by atoms with Crippen LogP contribution < -0.4 is 10.1 Å². The zero-order valence-electron chi connectivity index (χ0n) is 16.3. The number of carbonyl (C=O) groups is 2. The molecule has 8 heteroatoms. The standard InChI is InChI=1S/C22H20N4O4/c1-3-12-26-17-10-6-5-9-16(17)21(22(26)29)25-24-19(27)13-23-20(28)14-30-18-11-7-4-8-15(18)2/h1,4-11,29H,12-14H2,2H3,(H,23,28). The number of aromatic nitrogens is 1. The molecule has 1 heterocycles. The number of hydrogen-bond acceptors (Lipinski definition) is 5. The predicted molar refractivity (Wildman–Crippen MR) is 112 cm³/mol. The highest BCUT2D eigenvalue weighted by atomic mass is 16.5. The summed E-state index contributed by atoms with van der Waals surface area (Å²) in [6, 6.07) is 14.4. The van der Waals surface area contributed by atoms with Gasteiger partial charge in [0.25, 0.3) is 11.8 Å². The van der Waals surface area contributed by atoms with Gasteiger partial charge in [0.1, 0.15) is 12.3 Å². The van der Waals surface area contributed by atoms with E-state index in [0.29, 0.717) is 16.7 Å². The average molecular weight is 404 g/mol. The van der Waals surface area contributed by atoms with Gasteiger partial charge in [-0.25, -0.2) is 0 Å². The van der Waals surface area contributed by atoms with Gasteiger partial charge in [-0.1, -0.05) is 42.3 Å². The van der Waals surface area contributed by atoms with Gasteiger partial charge in [-0.2, -0.15) is 0 Å². The molecule has 2 amide bonds. The molecule has 8 nitrogen and oxygen atoms in total. The van der Waals surface area contributed by atoms with Crippen LogP contribution in [0.1, 0.15) is 5.56 Å². The number of terminal acetylenes is 1. The molecular formula is C22H20N4O4. The lowest BCUT2D eigenvalue weighted by Gasteiger charge is -2.08. The summed E-state index contributed by atoms with van der Waals surface area (Å²) in [7, 11) is 0. The van der Waals surface area contributed by atoms with Crippen LogP contribution in [0.25, 0.3) is 10.9 Å². The minimum Gasteiger partial charge on any atom is -0.493 e. The second kappa shape index (κ2) is 9.39. The summed E-state index contributed by atoms with van der Waals surface area (Å²) < 4.78 is 6.92. The Hall–Kier alpha value is -4.12. The molecular weight excluding hydrogens is 384 g/mol. The largest absolute Gasteiger partial charge is 0.493 e. The van der Waals surface area contributed by atoms with Gasteiger partial charge in [0.2, 0.25) is 5.88 Å². The number of hydrogen-bond donors (Lipinski definition) is 2. The van der Waals surface area contributed by atoms with Gasteiger partial charge >= 0.3 is 0 Å². The smallest absolute Gasteiger partial charge is 0.283 e. The van der Waals surface area contributed by atoms with E-state index in [1.54, 1.807) is 36.4 Å². The first-order valence-corrected chi connectivity index (χ1v) is 9.14. The summed E-state index contributed by atoms with van der Waals surface area (Å²) >= 11 is 0. The number of fused-ring (bicyclic) bond motifs is 1. The Morgan fingerprint density at radius 3 is 2.70 bits per heavy atom. The molecule has 0 fully saturated rings. The van der Waals surface area contributed by atoms with Crippen LogP contribution in [0.5, 0.6) is 11.6 Å². The third-order valence-corrected chi connectivity index (χ3v) is 4.32. The number of para-hydroxylation sites is 2. The number of aryl methyl sites for hydroxylation is 1. The third-order valence-electron chi connectivity index (χ3n) is 4.32. The lowest BCUT2D eigenvalue weighted by Crippen LogP contribution is -2.32. The lowest BCUT2D eigenvalue weighted by molar-refractivity contribution is -0.126. The molecule has 2 aromatic carbocycles. The first-order chi connectivity index (χ1) is 14.5. The van der Waals surface area contributed by atoms with E-state index in [4.69, 9.17) is 11.2 Å². The highest BCUT2D eigenvalue weighted by Crippen LogP contribution is 2.38. The number of ether oxygens (including phenoxy) is 1. The maximum atomic E-state index is 12.0. The number of rotatable bonds is 7. The lowest BCUT2D eigenvalue weighted by atomic mass is 10.2. The Labute approximate surface area is 173 Å². The number of carbonyl (C=O) groups excluding carboxylic acids is 2. The molecule has 0 radical (unpaired) electrons. The van der Waals surface area contributed by atoms with Crippen molar-refractivity contribution in [1.29, 1.82) is 0 Å². The van der Waals surface area contributed by atoms with Crippen molar-refractivity contribution in [2.24, 2.45) is 10.2 Å². The summed E-state index contributed by atoms with van der Waals surface area (Å²) in [5.74, 6) is 1.74. The van der Waals surface area contributed by atoms with Crippen LogP contribution >= 0.6 is 0 Å². The fourth-order valence-corrected chi connectivity index (χ4v) is 2.85. The van der Waals surface area contributed by atoms with Crippen LogP contribution in [0.4, 0.5) is 5.69 Å². The van der Waals surface area contributed by atoms with Crippen molar-refractivity contribution in [2.45, 2.75) is 13.5 Å². The topological polar surface area (TPSA) is 105 Å². The summed E-state index contributed by atoms with van der Waals surface area (Å²) in [5.41, 5.74) is 1.72. The molecule has 0 aliphatic carbocycles. The van der Waals surface area contributed by atoms with Crippen LogP contribution in [0, 0.1) is 19.3 Å². The number of amides is 2. The van der Waals surface area contributed by atoms with E-state index in [1.165, 1.54) is 4.57 Å². The number of benzene rings is 2. The van der Waals surface area contributed by atoms with E-state index in [1.807, 2.05) is 19.1 Å². The average Bonchev–Trinajstić information content (AvgIpc) is 3.01. The second-order valence-electron chi connectivity index (χ2n) is 6.40. The van der Waals surface area contributed by atoms with Crippen LogP contribution in [0.15, 0.2) is 58.8 Å². The summed E-state index contributed by atoms with van der Waals surface area (Å²) in [4.78, 5) is 23.9. The normalized spacial score (nSPS) is 10.8. The van der Waals surface area contributed by atoms with E-state index in [9.17, 15) is 14.7 Å². The zero-order valence-corrected chi connectivity index (χ0v) is 16.3. The molecule has 0 spiro atoms. The molecule has 0 aliphatic heterocycles. The van der Waals surface area contributed by atoms with Gasteiger partial charge in [-0.15, -0.1) is 16.7 Å². The quantitative estimate of drug-likeness (QED) is 0.466. The zero-order chi connectivity index (χ0) is 21.5. The first-order valence-electron chi connectivity index (χ1n) is 9.14. The van der Waals surface area contributed by atoms with E-state index in [2.05, 4.69) is 21.5 Å². The SMILES string of the molecule is C#CCn1c(O)c(N=NC(=O)CNC(=O)COc2ccccc2C)c2ccccc21. The van der Waals surface area contributed by atoms with Crippen molar-refractivity contribution < 1.29 is 19.4 Å². The van der Waals surface area contributed by atoms with Crippen LogP contribution in [-0.2, 0) is 16.1 Å². The van der Waals surface area contributed by atoms with Gasteiger partial charge in [-0.3, -0.25) is 14.2 Å². The molecule has 1 aromatic heterocycles. The van der Waals surface area contributed by atoms with Crippen molar-refractivity contribution in [2.75, 3.05) is 13.2 Å². The molecule has 0 atom stereocenters.